The van der Waals surface area contributed by atoms with Gasteiger partial charge in [-0.3, -0.25) is 4.79 Å². The third kappa shape index (κ3) is 2.65. The summed E-state index contributed by atoms with van der Waals surface area (Å²) in [6.07, 6.45) is 1.73. The second-order valence-electron chi connectivity index (χ2n) is 3.19. The monoisotopic (exact) mass is 254 g/mol. The van der Waals surface area contributed by atoms with Gasteiger partial charge in [0, 0.05) is 4.88 Å². The summed E-state index contributed by atoms with van der Waals surface area (Å²) in [6, 6.07) is 4.07. The largest absolute Gasteiger partial charge is 0.481 e. The van der Waals surface area contributed by atoms with Crippen LogP contribution in [0.25, 0.3) is 10.6 Å². The molecule has 6 heteroatoms. The van der Waals surface area contributed by atoms with Crippen LogP contribution in [0.2, 0.25) is 0 Å². The van der Waals surface area contributed by atoms with Crippen LogP contribution in [0.3, 0.4) is 0 Å². The highest BCUT2D eigenvalue weighted by Gasteiger charge is 2.07. The number of carbonyl (C=O) groups is 1. The standard InChI is InChI=1S/C10H10N2O2S2/c1-6-2-3-8(16-6)7-4-11-10(12-7)15-5-9(13)14/h2-4H,5H2,1H3,(H,11,12)(H,13,14). The van der Waals surface area contributed by atoms with Gasteiger partial charge in [-0.15, -0.1) is 11.3 Å². The lowest BCUT2D eigenvalue weighted by Gasteiger charge is -1.92. The number of nitrogens with zero attached hydrogens (tertiary/aromatic N) is 1. The molecule has 0 spiro atoms. The minimum Gasteiger partial charge on any atom is -0.481 e. The quantitative estimate of drug-likeness (QED) is 0.823. The van der Waals surface area contributed by atoms with Crippen molar-refractivity contribution in [1.82, 2.24) is 9.97 Å². The van der Waals surface area contributed by atoms with Crippen LogP contribution in [-0.4, -0.2) is 26.8 Å². The third-order valence-corrected chi connectivity index (χ3v) is 3.80. The van der Waals surface area contributed by atoms with Crippen molar-refractivity contribution < 1.29 is 9.90 Å². The van der Waals surface area contributed by atoms with Crippen molar-refractivity contribution in [3.63, 3.8) is 0 Å². The van der Waals surface area contributed by atoms with Gasteiger partial charge in [0.2, 0.25) is 0 Å². The number of imidazole rings is 1. The molecule has 0 aromatic carbocycles. The van der Waals surface area contributed by atoms with Gasteiger partial charge in [-0.1, -0.05) is 11.8 Å². The first kappa shape index (κ1) is 11.2. The van der Waals surface area contributed by atoms with E-state index in [1.54, 1.807) is 17.5 Å². The van der Waals surface area contributed by atoms with Crippen LogP contribution < -0.4 is 0 Å². The molecule has 0 radical (unpaired) electrons. The van der Waals surface area contributed by atoms with Crippen LogP contribution in [0.15, 0.2) is 23.5 Å². The smallest absolute Gasteiger partial charge is 0.313 e. The Bertz CT molecular complexity index is 504. The van der Waals surface area contributed by atoms with Crippen LogP contribution in [0.4, 0.5) is 0 Å². The number of hydrogen-bond donors (Lipinski definition) is 2. The summed E-state index contributed by atoms with van der Waals surface area (Å²) in [4.78, 5) is 20.0. The van der Waals surface area contributed by atoms with Crippen molar-refractivity contribution >= 4 is 29.1 Å². The molecule has 2 heterocycles. The molecular weight excluding hydrogens is 244 g/mol. The van der Waals surface area contributed by atoms with Gasteiger partial charge in [0.05, 0.1) is 22.5 Å². The predicted molar refractivity (Wildman–Crippen MR) is 65.0 cm³/mol. The van der Waals surface area contributed by atoms with E-state index in [0.717, 1.165) is 10.6 Å². The number of H-pyrrole nitrogens is 1. The fourth-order valence-electron chi connectivity index (χ4n) is 1.21. The van der Waals surface area contributed by atoms with Gasteiger partial charge in [0.15, 0.2) is 5.16 Å². The van der Waals surface area contributed by atoms with Crippen molar-refractivity contribution in [1.29, 1.82) is 0 Å². The molecule has 0 amide bonds. The molecule has 16 heavy (non-hydrogen) atoms. The fourth-order valence-corrected chi connectivity index (χ4v) is 2.61. The molecular formula is C10H10N2O2S2. The van der Waals surface area contributed by atoms with Gasteiger partial charge >= 0.3 is 5.97 Å². The number of rotatable bonds is 4. The Labute approximate surface area is 101 Å². The summed E-state index contributed by atoms with van der Waals surface area (Å²) in [5.41, 5.74) is 0.936. The van der Waals surface area contributed by atoms with E-state index in [4.69, 9.17) is 5.11 Å². The van der Waals surface area contributed by atoms with E-state index in [2.05, 4.69) is 9.97 Å². The van der Waals surface area contributed by atoms with Crippen LogP contribution >= 0.6 is 23.1 Å². The Morgan fingerprint density at radius 3 is 3.06 bits per heavy atom. The fraction of sp³-hybridized carbons (Fsp3) is 0.200. The molecule has 2 rings (SSSR count). The average Bonchev–Trinajstić information content (AvgIpc) is 2.83. The second kappa shape index (κ2) is 4.71. The van der Waals surface area contributed by atoms with Crippen LogP contribution in [0.1, 0.15) is 4.88 Å². The van der Waals surface area contributed by atoms with E-state index in [0.29, 0.717) is 5.16 Å². The first-order valence-corrected chi connectivity index (χ1v) is 6.42. The van der Waals surface area contributed by atoms with Gasteiger partial charge in [-0.25, -0.2) is 4.98 Å². The lowest BCUT2D eigenvalue weighted by Crippen LogP contribution is -1.97. The Morgan fingerprint density at radius 2 is 2.44 bits per heavy atom. The minimum absolute atomic E-state index is 0.0242. The topological polar surface area (TPSA) is 66.0 Å². The highest BCUT2D eigenvalue weighted by atomic mass is 32.2. The number of aryl methyl sites for hydroxylation is 1. The maximum atomic E-state index is 10.4. The van der Waals surface area contributed by atoms with Crippen LogP contribution in [-0.2, 0) is 4.79 Å². The number of thioether (sulfide) groups is 1. The van der Waals surface area contributed by atoms with E-state index < -0.39 is 5.97 Å². The predicted octanol–water partition coefficient (Wildman–Crippen LogP) is 2.62. The van der Waals surface area contributed by atoms with E-state index in [-0.39, 0.29) is 5.75 Å². The first-order valence-electron chi connectivity index (χ1n) is 4.61. The molecule has 2 N–H and O–H groups in total. The molecule has 2 aromatic rings. The zero-order valence-corrected chi connectivity index (χ0v) is 10.2. The van der Waals surface area contributed by atoms with Gasteiger partial charge < -0.3 is 10.1 Å². The van der Waals surface area contributed by atoms with Gasteiger partial charge in [0.1, 0.15) is 0 Å². The van der Waals surface area contributed by atoms with Crippen LogP contribution in [0, 0.1) is 6.92 Å². The number of carboxylic acid groups (broad SMARTS) is 1. The van der Waals surface area contributed by atoms with E-state index >= 15 is 0 Å². The number of aliphatic carboxylic acids is 1. The van der Waals surface area contributed by atoms with Crippen molar-refractivity contribution in [3.05, 3.63) is 23.2 Å². The number of hydrogen-bond acceptors (Lipinski definition) is 4. The second-order valence-corrected chi connectivity index (χ2v) is 5.45. The maximum Gasteiger partial charge on any atom is 0.313 e. The summed E-state index contributed by atoms with van der Waals surface area (Å²) in [7, 11) is 0. The number of aromatic nitrogens is 2. The molecule has 0 saturated heterocycles. The first-order chi connectivity index (χ1) is 7.65. The summed E-state index contributed by atoms with van der Waals surface area (Å²) in [6.45, 7) is 2.05. The molecule has 0 aliphatic carbocycles. The lowest BCUT2D eigenvalue weighted by atomic mass is 10.4. The zero-order chi connectivity index (χ0) is 11.5. The van der Waals surface area contributed by atoms with Crippen molar-refractivity contribution in [3.8, 4) is 10.6 Å². The van der Waals surface area contributed by atoms with Crippen LogP contribution in [0.5, 0.6) is 0 Å². The van der Waals surface area contributed by atoms with Gasteiger partial charge in [-0.05, 0) is 19.1 Å². The molecule has 0 atom stereocenters. The van der Waals surface area contributed by atoms with Crippen molar-refractivity contribution in [2.75, 3.05) is 5.75 Å². The summed E-state index contributed by atoms with van der Waals surface area (Å²) < 4.78 is 0. The zero-order valence-electron chi connectivity index (χ0n) is 8.56. The Morgan fingerprint density at radius 1 is 1.62 bits per heavy atom. The highest BCUT2D eigenvalue weighted by Crippen LogP contribution is 2.27. The van der Waals surface area contributed by atoms with Gasteiger partial charge in [0.25, 0.3) is 0 Å². The third-order valence-electron chi connectivity index (χ3n) is 1.89. The van der Waals surface area contributed by atoms with Gasteiger partial charge in [-0.2, -0.15) is 0 Å². The number of thiophene rings is 1. The average molecular weight is 254 g/mol. The minimum atomic E-state index is -0.838. The number of nitrogens with one attached hydrogen (secondary N) is 1. The molecule has 0 unspecified atom stereocenters. The molecule has 0 aliphatic heterocycles. The van der Waals surface area contributed by atoms with Crippen molar-refractivity contribution in [2.24, 2.45) is 0 Å². The van der Waals surface area contributed by atoms with Crippen molar-refractivity contribution in [2.45, 2.75) is 12.1 Å². The Hall–Kier alpha value is -1.27. The van der Waals surface area contributed by atoms with E-state index in [1.165, 1.54) is 16.6 Å². The number of aromatic amines is 1. The molecule has 0 bridgehead atoms. The molecule has 0 saturated carbocycles. The summed E-state index contributed by atoms with van der Waals surface area (Å²) in [5.74, 6) is -0.814. The molecule has 0 aliphatic rings. The summed E-state index contributed by atoms with van der Waals surface area (Å²) in [5, 5.41) is 9.18. The molecule has 4 nitrogen and oxygen atoms in total. The Kier molecular flexibility index (Phi) is 3.31. The highest BCUT2D eigenvalue weighted by molar-refractivity contribution is 7.99. The maximum absolute atomic E-state index is 10.4. The normalized spacial score (nSPS) is 10.6. The van der Waals surface area contributed by atoms with E-state index in [1.807, 2.05) is 19.1 Å². The lowest BCUT2D eigenvalue weighted by molar-refractivity contribution is -0.133. The number of carboxylic acids is 1. The SMILES string of the molecule is Cc1ccc(-c2cnc(SCC(=O)O)[nH]2)s1. The molecule has 0 fully saturated rings. The van der Waals surface area contributed by atoms with E-state index in [9.17, 15) is 4.79 Å². The summed E-state index contributed by atoms with van der Waals surface area (Å²) >= 11 is 2.87. The molecule has 84 valence electrons. The Balaban J connectivity index is 2.10. The molecule has 2 aromatic heterocycles.